The molecule has 0 fully saturated rings. The Labute approximate surface area is 187 Å². The fourth-order valence-corrected chi connectivity index (χ4v) is 4.25. The number of ether oxygens (including phenoxy) is 1. The maximum Gasteiger partial charge on any atom is 0.416 e. The van der Waals surface area contributed by atoms with E-state index in [0.717, 1.165) is 34.4 Å². The molecule has 1 aliphatic rings. The Hall–Kier alpha value is -3.81. The second-order valence-corrected chi connectivity index (χ2v) is 7.68. The molecule has 170 valence electrons. The van der Waals surface area contributed by atoms with Gasteiger partial charge in [0.05, 0.1) is 11.6 Å². The third-order valence-electron chi connectivity index (χ3n) is 5.65. The number of fused-ring (bicyclic) bond motifs is 3. The Morgan fingerprint density at radius 1 is 0.909 bits per heavy atom. The highest BCUT2D eigenvalue weighted by atomic mass is 19.4. The Balaban J connectivity index is 1.53. The predicted molar refractivity (Wildman–Crippen MR) is 112 cm³/mol. The average Bonchev–Trinajstić information content (AvgIpc) is 3.10. The maximum atomic E-state index is 13.4. The first-order chi connectivity index (χ1) is 15.8. The molecule has 8 heteroatoms. The maximum absolute atomic E-state index is 13.4. The zero-order valence-corrected chi connectivity index (χ0v) is 17.3. The number of carbonyl (C=O) groups is 2. The first-order valence-corrected chi connectivity index (χ1v) is 10.2. The van der Waals surface area contributed by atoms with Gasteiger partial charge < -0.3 is 20.0 Å². The molecule has 1 amide bonds. The van der Waals surface area contributed by atoms with Crippen molar-refractivity contribution in [3.63, 3.8) is 0 Å². The van der Waals surface area contributed by atoms with E-state index >= 15 is 0 Å². The third-order valence-corrected chi connectivity index (χ3v) is 5.65. The van der Waals surface area contributed by atoms with Crippen LogP contribution in [0.15, 0.2) is 72.8 Å². The van der Waals surface area contributed by atoms with E-state index in [2.05, 4.69) is 5.32 Å². The van der Waals surface area contributed by atoms with E-state index in [4.69, 9.17) is 4.74 Å². The second kappa shape index (κ2) is 8.97. The van der Waals surface area contributed by atoms with Crippen molar-refractivity contribution in [1.29, 1.82) is 0 Å². The minimum Gasteiger partial charge on any atom is -0.550 e. The molecule has 0 aliphatic heterocycles. The topological polar surface area (TPSA) is 78.5 Å². The van der Waals surface area contributed by atoms with Gasteiger partial charge in [-0.25, -0.2) is 4.79 Å². The van der Waals surface area contributed by atoms with Crippen molar-refractivity contribution in [2.75, 3.05) is 6.61 Å². The van der Waals surface area contributed by atoms with Gasteiger partial charge >= 0.3 is 12.3 Å². The van der Waals surface area contributed by atoms with E-state index < -0.39 is 36.3 Å². The summed E-state index contributed by atoms with van der Waals surface area (Å²) in [6.07, 6.45) is -6.57. The number of benzene rings is 3. The fraction of sp³-hybridized carbons (Fsp3) is 0.200. The lowest BCUT2D eigenvalue weighted by molar-refractivity contribution is -0.306. The van der Waals surface area contributed by atoms with E-state index in [0.29, 0.717) is 0 Å². The van der Waals surface area contributed by atoms with Crippen molar-refractivity contribution < 1.29 is 32.6 Å². The molecule has 0 unspecified atom stereocenters. The molecule has 1 aliphatic carbocycles. The van der Waals surface area contributed by atoms with Gasteiger partial charge in [0.25, 0.3) is 0 Å². The number of carboxylic acids is 1. The lowest BCUT2D eigenvalue weighted by Gasteiger charge is -2.23. The Kier molecular flexibility index (Phi) is 6.09. The van der Waals surface area contributed by atoms with Crippen LogP contribution in [0.5, 0.6) is 0 Å². The first kappa shape index (κ1) is 22.4. The quantitative estimate of drug-likeness (QED) is 0.598. The smallest absolute Gasteiger partial charge is 0.416 e. The van der Waals surface area contributed by atoms with Crippen LogP contribution < -0.4 is 10.4 Å². The number of alkyl halides is 3. The molecule has 0 radical (unpaired) electrons. The minimum absolute atomic E-state index is 0.0567. The largest absolute Gasteiger partial charge is 0.550 e. The summed E-state index contributed by atoms with van der Waals surface area (Å²) in [5, 5.41) is 13.4. The molecule has 0 heterocycles. The number of carbonyl (C=O) groups excluding carboxylic acids is 2. The van der Waals surface area contributed by atoms with E-state index in [1.54, 1.807) is 0 Å². The van der Waals surface area contributed by atoms with Gasteiger partial charge in [0, 0.05) is 18.3 Å². The van der Waals surface area contributed by atoms with Gasteiger partial charge in [0.2, 0.25) is 0 Å². The molecular weight excluding hydrogens is 435 g/mol. The van der Waals surface area contributed by atoms with Crippen LogP contribution in [0.4, 0.5) is 18.0 Å². The Morgan fingerprint density at radius 2 is 1.45 bits per heavy atom. The van der Waals surface area contributed by atoms with Gasteiger partial charge in [-0.2, -0.15) is 13.2 Å². The molecule has 0 saturated carbocycles. The highest BCUT2D eigenvalue weighted by Crippen LogP contribution is 2.44. The van der Waals surface area contributed by atoms with Gasteiger partial charge in [-0.3, -0.25) is 0 Å². The number of hydrogen-bond acceptors (Lipinski definition) is 4. The van der Waals surface area contributed by atoms with Crippen LogP contribution in [-0.2, 0) is 15.7 Å². The summed E-state index contributed by atoms with van der Waals surface area (Å²) < 4.78 is 45.6. The molecule has 0 saturated heterocycles. The number of hydrogen-bond donors (Lipinski definition) is 1. The van der Waals surface area contributed by atoms with E-state index in [1.165, 1.54) is 12.1 Å². The summed E-state index contributed by atoms with van der Waals surface area (Å²) in [4.78, 5) is 23.7. The number of aliphatic carboxylic acids is 1. The molecule has 33 heavy (non-hydrogen) atoms. The summed E-state index contributed by atoms with van der Waals surface area (Å²) in [6, 6.07) is 18.4. The van der Waals surface area contributed by atoms with Crippen LogP contribution in [0.25, 0.3) is 11.1 Å². The molecule has 1 atom stereocenters. The molecule has 4 rings (SSSR count). The number of halogens is 3. The van der Waals surface area contributed by atoms with Crippen molar-refractivity contribution in [3.05, 3.63) is 95.1 Å². The summed E-state index contributed by atoms with van der Waals surface area (Å²) in [7, 11) is 0. The van der Waals surface area contributed by atoms with Crippen LogP contribution in [-0.4, -0.2) is 18.7 Å². The molecule has 3 aromatic rings. The van der Waals surface area contributed by atoms with E-state index in [1.807, 2.05) is 48.5 Å². The molecule has 0 aromatic heterocycles. The fourth-order valence-electron chi connectivity index (χ4n) is 4.25. The molecule has 0 bridgehead atoms. The zero-order chi connectivity index (χ0) is 23.6. The monoisotopic (exact) mass is 454 g/mol. The minimum atomic E-state index is -4.72. The van der Waals surface area contributed by atoms with Crippen molar-refractivity contribution >= 4 is 12.1 Å². The van der Waals surface area contributed by atoms with Gasteiger partial charge in [-0.05, 0) is 33.9 Å². The molecule has 5 nitrogen and oxygen atoms in total. The van der Waals surface area contributed by atoms with Gasteiger partial charge in [0.15, 0.2) is 0 Å². The molecular formula is C25H19F3NO4-. The number of amides is 1. The molecule has 0 spiro atoms. The summed E-state index contributed by atoms with van der Waals surface area (Å²) in [6.45, 7) is -0.0567. The second-order valence-electron chi connectivity index (χ2n) is 7.68. The normalized spacial score (nSPS) is 13.7. The Bertz CT molecular complexity index is 1150. The van der Waals surface area contributed by atoms with Crippen LogP contribution in [0.1, 0.15) is 40.6 Å². The lowest BCUT2D eigenvalue weighted by Crippen LogP contribution is -2.36. The van der Waals surface area contributed by atoms with Gasteiger partial charge in [-0.15, -0.1) is 0 Å². The summed E-state index contributed by atoms with van der Waals surface area (Å²) >= 11 is 0. The molecule has 3 aromatic carbocycles. The highest BCUT2D eigenvalue weighted by Gasteiger charge is 2.36. The average molecular weight is 454 g/mol. The number of rotatable bonds is 6. The summed E-state index contributed by atoms with van der Waals surface area (Å²) in [5.74, 6) is -1.85. The first-order valence-electron chi connectivity index (χ1n) is 10.2. The predicted octanol–water partition coefficient (Wildman–Crippen LogP) is 4.43. The lowest BCUT2D eigenvalue weighted by atomic mass is 9.97. The van der Waals surface area contributed by atoms with Crippen molar-refractivity contribution in [3.8, 4) is 11.1 Å². The summed E-state index contributed by atoms with van der Waals surface area (Å²) in [5.41, 5.74) is 2.59. The SMILES string of the molecule is O=C([O-])C[C@@H](NC(=O)OCC1c2ccccc2-c2ccccc21)c1ccccc1C(F)(F)F. The van der Waals surface area contributed by atoms with Crippen LogP contribution in [0, 0.1) is 0 Å². The van der Waals surface area contributed by atoms with Gasteiger partial charge in [-0.1, -0.05) is 66.7 Å². The molecule has 1 N–H and O–H groups in total. The van der Waals surface area contributed by atoms with Crippen LogP contribution in [0.3, 0.4) is 0 Å². The van der Waals surface area contributed by atoms with Crippen molar-refractivity contribution in [1.82, 2.24) is 5.32 Å². The third kappa shape index (κ3) is 4.69. The zero-order valence-electron chi connectivity index (χ0n) is 17.3. The van der Waals surface area contributed by atoms with Crippen LogP contribution >= 0.6 is 0 Å². The number of carboxylic acid groups (broad SMARTS) is 1. The standard InChI is InChI=1S/C25H20F3NO4/c26-25(27,28)21-12-6-5-11-19(21)22(13-23(30)31)29-24(32)33-14-20-17-9-3-1-7-15(17)16-8-2-4-10-18(16)20/h1-12,20,22H,13-14H2,(H,29,32)(H,30,31)/p-1/t22-/m1/s1. The van der Waals surface area contributed by atoms with E-state index in [9.17, 15) is 27.9 Å². The van der Waals surface area contributed by atoms with Crippen LogP contribution in [0.2, 0.25) is 0 Å². The highest BCUT2D eigenvalue weighted by molar-refractivity contribution is 5.79. The number of nitrogens with one attached hydrogen (secondary N) is 1. The van der Waals surface area contributed by atoms with Crippen molar-refractivity contribution in [2.45, 2.75) is 24.6 Å². The van der Waals surface area contributed by atoms with E-state index in [-0.39, 0.29) is 18.1 Å². The van der Waals surface area contributed by atoms with Gasteiger partial charge in [0.1, 0.15) is 6.61 Å². The van der Waals surface area contributed by atoms with Crippen molar-refractivity contribution in [2.24, 2.45) is 0 Å². The Morgan fingerprint density at radius 3 is 2.03 bits per heavy atom. The number of alkyl carbamates (subject to hydrolysis) is 1.